The first-order valence-corrected chi connectivity index (χ1v) is 46.7. The lowest BCUT2D eigenvalue weighted by atomic mass is 9.68. The second-order valence-electron chi connectivity index (χ2n) is 41.8. The molecule has 0 aromatic carbocycles. The first-order valence-electron chi connectivity index (χ1n) is 46.7. The molecule has 6 spiro atoms. The number of alkyl halides is 9. The normalized spacial score (nSPS) is 44.1. The monoisotopic (exact) mass is 1910 g/mol. The van der Waals surface area contributed by atoms with Gasteiger partial charge in [0.15, 0.2) is 34.7 Å². The lowest BCUT2D eigenvalue weighted by Crippen LogP contribution is -2.52. The second-order valence-corrected chi connectivity index (χ2v) is 41.8. The van der Waals surface area contributed by atoms with Gasteiger partial charge >= 0.3 is 18.7 Å². The van der Waals surface area contributed by atoms with Crippen molar-refractivity contribution >= 4 is 34.7 Å². The molecule has 12 saturated heterocycles. The van der Waals surface area contributed by atoms with Crippen LogP contribution in [0.4, 0.5) is 39.5 Å². The van der Waals surface area contributed by atoms with Crippen molar-refractivity contribution in [3.63, 3.8) is 0 Å². The topological polar surface area (TPSA) is 317 Å². The number of ketones is 6. The van der Waals surface area contributed by atoms with Crippen molar-refractivity contribution in [3.8, 4) is 0 Å². The van der Waals surface area contributed by atoms with E-state index in [1.807, 2.05) is 55.4 Å². The summed E-state index contributed by atoms with van der Waals surface area (Å²) in [7, 11) is 9.16. The van der Waals surface area contributed by atoms with Crippen LogP contribution < -0.4 is 0 Å². The van der Waals surface area contributed by atoms with Crippen molar-refractivity contribution in [2.75, 3.05) is 88.9 Å². The first-order chi connectivity index (χ1) is 62.5. The minimum atomic E-state index is -4.65. The number of carbonyl (C=O) groups is 6. The Balaban J connectivity index is 0.000000129. The van der Waals surface area contributed by atoms with Crippen molar-refractivity contribution < 1.29 is 158 Å². The Morgan fingerprint density at radius 1 is 0.373 bits per heavy atom. The summed E-state index contributed by atoms with van der Waals surface area (Å²) in [6.07, 6.45) is 4.98. The maximum atomic E-state index is 12.7. The van der Waals surface area contributed by atoms with Crippen LogP contribution in [0.1, 0.15) is 189 Å². The molecule has 31 atom stereocenters. The highest BCUT2D eigenvalue weighted by atomic mass is 19.4. The van der Waals surface area contributed by atoms with Crippen molar-refractivity contribution in [1.82, 2.24) is 0 Å². The molecule has 0 aromatic rings. The van der Waals surface area contributed by atoms with Crippen molar-refractivity contribution in [2.45, 2.75) is 348 Å². The quantitative estimate of drug-likeness (QED) is 0.0419. The summed E-state index contributed by atoms with van der Waals surface area (Å²) in [4.78, 5) is 73.6. The van der Waals surface area contributed by atoms with E-state index < -0.39 is 119 Å². The Bertz CT molecular complexity index is 4720. The van der Waals surface area contributed by atoms with Gasteiger partial charge in [-0.05, 0) is 237 Å². The van der Waals surface area contributed by atoms with Crippen molar-refractivity contribution in [2.24, 2.45) is 47.3 Å². The van der Waals surface area contributed by atoms with Crippen molar-refractivity contribution in [3.05, 3.63) is 105 Å². The Morgan fingerprint density at radius 2 is 0.612 bits per heavy atom. The SMILES string of the molecule is CO[C@@H]1C(=O)C=C(C)[C@]2(CO2)[C@H]1[C@@]1(C)O[C@@H]1CC=C1CC1.CO[C@@H]1C(=O)C=C(C)[C@]2(CO2)[C@H]1[C@]1(C)O[C@@H]1C/C=C(\C)C(F)(F)F.CO[C@@H]1C(=O)C=C(C)[C@]2(CO2)[C@H]1[C@]1(C)O[C@@H]1CC=C(C)C.CO[C@@H]1C(=O)C=C(C)[C@]2(CO2)[C@H]1[C@]1(C)O[C@@H]1CCC(C)C.CO[C@@H]1C(=O)C=C(C)[C@]2(CO2)[C@H]1[C@]1(C)O[C@@H]1CCC(C)C(F)(F)F.CO[C@@H]1C(=O)C=C(C)[C@]2(CO2)[C@H]1[C@]1(C)O[C@@H]1CCOC(F)(F)F. The van der Waals surface area contributed by atoms with E-state index >= 15 is 0 Å². The van der Waals surface area contributed by atoms with E-state index in [9.17, 15) is 68.3 Å². The summed E-state index contributed by atoms with van der Waals surface area (Å²) in [5.74, 6) is -2.29. The Morgan fingerprint density at radius 3 is 0.836 bits per heavy atom. The molecule has 1 unspecified atom stereocenters. The third kappa shape index (κ3) is 19.7. The maximum Gasteiger partial charge on any atom is 0.522 e. The van der Waals surface area contributed by atoms with Crippen LogP contribution in [0.3, 0.4) is 0 Å². The molecule has 134 heavy (non-hydrogen) atoms. The van der Waals surface area contributed by atoms with Crippen LogP contribution >= 0.6 is 0 Å². The molecule has 1 saturated carbocycles. The molecule has 0 aromatic heterocycles. The number of hydrogen-bond acceptors (Lipinski definition) is 25. The fraction of sp³-hybridized carbons (Fsp3) is 0.760. The summed E-state index contributed by atoms with van der Waals surface area (Å²) in [5, 5.41) is 0. The maximum absolute atomic E-state index is 12.7. The highest BCUT2D eigenvalue weighted by molar-refractivity contribution is 6.00. The zero-order valence-electron chi connectivity index (χ0n) is 81.4. The zero-order chi connectivity index (χ0) is 98.5. The summed E-state index contributed by atoms with van der Waals surface area (Å²) in [6.45, 7) is 36.9. The lowest BCUT2D eigenvalue weighted by molar-refractivity contribution is -0.324. The molecule has 34 heteroatoms. The standard InChI is InChI=1S/C17H23F3O4.C17H21F3O4.C17H22O4.C17H26O4.C17H24O4.C15H19F3O5/c2*1-9(17(18,19)20)5-6-12-15(3,24-12)14-13(22-4)11(21)7-10(2)16(14)8-23-16;1-10-8-12(18)14(19-3)15(17(10)9-20-17)16(2)13(21-16)7-6-11-4-5-11;2*1-10(2)6-7-13-16(4,21-13)15-14(19-5)12(18)8-11(3)17(15)9-20-17;1-8-6-9(19)11(20-3)12(14(8)7-22-14)13(2)10(23-13)4-5-21-15(16,17)18/h7,9,12-14H,5-6,8H2,1-4H3;5,7,12-14H,6,8H2,1-4H3;6,8,13-15H,4-5,7,9H2,1-3H3;8,10,13-15H,6-7,9H2,1-5H3;6,8,13-15H,7,9H2,1-5H3;6,10-12H,4-5,7H2,1-3H3/b;9-5+;;;;/t9?,12-,13-,14-,15-,16-;12-,13-,14-,15-,16-;13-,14-,15-,16+,17-;2*13-,14-,15-,16-,17-;10-,11-,12-,13-,14-/m111111/s1. The second kappa shape index (κ2) is 37.0. The van der Waals surface area contributed by atoms with Gasteiger partial charge in [-0.1, -0.05) is 50.1 Å². The average molecular weight is 1910 g/mol. The van der Waals surface area contributed by atoms with Gasteiger partial charge in [0.05, 0.1) is 124 Å². The molecule has 0 N–H and O–H groups in total. The van der Waals surface area contributed by atoms with E-state index in [0.717, 1.165) is 72.1 Å². The molecule has 7 aliphatic carbocycles. The first kappa shape index (κ1) is 104. The van der Waals surface area contributed by atoms with Crippen LogP contribution in [-0.2, 0) is 119 Å². The fourth-order valence-electron chi connectivity index (χ4n) is 23.2. The number of ether oxygens (including phenoxy) is 19. The van der Waals surface area contributed by atoms with Crippen LogP contribution in [0.25, 0.3) is 0 Å². The fourth-order valence-corrected chi connectivity index (χ4v) is 23.2. The minimum Gasteiger partial charge on any atom is -0.373 e. The Hall–Kier alpha value is -5.71. The molecular weight excluding hydrogens is 1770 g/mol. The molecule has 0 amide bonds. The van der Waals surface area contributed by atoms with Gasteiger partial charge in [0.1, 0.15) is 104 Å². The van der Waals surface area contributed by atoms with Crippen LogP contribution in [-0.4, -0.2) is 283 Å². The van der Waals surface area contributed by atoms with E-state index in [4.69, 9.17) is 85.3 Å². The highest BCUT2D eigenvalue weighted by Gasteiger charge is 2.79. The summed E-state index contributed by atoms with van der Waals surface area (Å²) in [5.41, 5.74) is 1.66. The van der Waals surface area contributed by atoms with E-state index in [1.165, 1.54) is 64.4 Å². The minimum absolute atomic E-state index is 0.00471. The van der Waals surface area contributed by atoms with Gasteiger partial charge in [0, 0.05) is 54.7 Å². The summed E-state index contributed by atoms with van der Waals surface area (Å²) < 4.78 is 218. The third-order valence-corrected chi connectivity index (χ3v) is 32.6. The molecule has 0 radical (unpaired) electrons. The predicted molar refractivity (Wildman–Crippen MR) is 466 cm³/mol. The van der Waals surface area contributed by atoms with E-state index in [0.29, 0.717) is 52.0 Å². The smallest absolute Gasteiger partial charge is 0.373 e. The molecule has 12 aliphatic heterocycles. The van der Waals surface area contributed by atoms with Crippen LogP contribution in [0.15, 0.2) is 105 Å². The largest absolute Gasteiger partial charge is 0.522 e. The van der Waals surface area contributed by atoms with Gasteiger partial charge in [-0.15, -0.1) is 13.2 Å². The van der Waals surface area contributed by atoms with Gasteiger partial charge in [0.2, 0.25) is 0 Å². The van der Waals surface area contributed by atoms with Gasteiger partial charge in [-0.25, -0.2) is 0 Å². The van der Waals surface area contributed by atoms with E-state index in [1.54, 1.807) is 52.6 Å². The van der Waals surface area contributed by atoms with Crippen LogP contribution in [0, 0.1) is 47.3 Å². The van der Waals surface area contributed by atoms with Crippen LogP contribution in [0.5, 0.6) is 0 Å². The molecule has 748 valence electrons. The number of hydrogen-bond donors (Lipinski definition) is 0. The third-order valence-electron chi connectivity index (χ3n) is 32.6. The van der Waals surface area contributed by atoms with Gasteiger partial charge in [-0.2, -0.15) is 26.3 Å². The highest BCUT2D eigenvalue weighted by Crippen LogP contribution is 2.66. The van der Waals surface area contributed by atoms with Gasteiger partial charge in [-0.3, -0.25) is 33.5 Å². The molecule has 12 heterocycles. The lowest BCUT2D eigenvalue weighted by Gasteiger charge is -2.37. The number of rotatable bonds is 27. The number of methoxy groups -OCH3 is 6. The molecule has 25 nitrogen and oxygen atoms in total. The predicted octanol–water partition coefficient (Wildman–Crippen LogP) is 15.1. The molecule has 19 rings (SSSR count). The Labute approximate surface area is 778 Å². The molecular formula is C100H135F9O25. The molecule has 19 aliphatic rings. The molecule has 0 bridgehead atoms. The van der Waals surface area contributed by atoms with E-state index in [-0.39, 0.29) is 147 Å². The van der Waals surface area contributed by atoms with Crippen molar-refractivity contribution in [1.29, 1.82) is 0 Å². The van der Waals surface area contributed by atoms with E-state index in [2.05, 4.69) is 65.4 Å². The number of halogens is 9. The number of epoxide rings is 12. The summed E-state index contributed by atoms with van der Waals surface area (Å²) in [6, 6.07) is 0. The van der Waals surface area contributed by atoms with Gasteiger partial charge in [0.25, 0.3) is 0 Å². The Kier molecular flexibility index (Phi) is 28.7. The summed E-state index contributed by atoms with van der Waals surface area (Å²) >= 11 is 0. The van der Waals surface area contributed by atoms with Crippen LogP contribution in [0.2, 0.25) is 0 Å². The number of allylic oxidation sites excluding steroid dienone is 3. The van der Waals surface area contributed by atoms with Gasteiger partial charge < -0.3 is 85.3 Å². The molecule has 13 fully saturated rings. The average Bonchev–Trinajstić information content (AvgIpc) is 1.55. The number of carbonyl (C=O) groups excluding carboxylic acids is 6. The zero-order valence-corrected chi connectivity index (χ0v) is 81.4.